The van der Waals surface area contributed by atoms with Crippen molar-refractivity contribution in [3.8, 4) is 0 Å². The van der Waals surface area contributed by atoms with Gasteiger partial charge in [0.25, 0.3) is 0 Å². The molecule has 0 rings (SSSR count). The van der Waals surface area contributed by atoms with Crippen LogP contribution in [0.15, 0.2) is 12.7 Å². The molecule has 0 bridgehead atoms. The zero-order chi connectivity index (χ0) is 9.40. The summed E-state index contributed by atoms with van der Waals surface area (Å²) in [6.07, 6.45) is 2.76. The van der Waals surface area contributed by atoms with Crippen LogP contribution >= 0.6 is 0 Å². The molecular formula is C9H16O3. The SMILES string of the molecule is C=CC(=O)OCCC(CC)CO. The van der Waals surface area contributed by atoms with Gasteiger partial charge in [-0.15, -0.1) is 0 Å². The predicted molar refractivity (Wildman–Crippen MR) is 46.6 cm³/mol. The third-order valence-corrected chi connectivity index (χ3v) is 1.77. The van der Waals surface area contributed by atoms with Crippen molar-refractivity contribution in [2.24, 2.45) is 5.92 Å². The summed E-state index contributed by atoms with van der Waals surface area (Å²) in [5.41, 5.74) is 0. The molecule has 0 aliphatic heterocycles. The Balaban J connectivity index is 3.40. The highest BCUT2D eigenvalue weighted by atomic mass is 16.5. The van der Waals surface area contributed by atoms with Crippen molar-refractivity contribution in [1.82, 2.24) is 0 Å². The Kier molecular flexibility index (Phi) is 6.38. The molecule has 0 radical (unpaired) electrons. The normalized spacial score (nSPS) is 12.2. The molecule has 1 atom stereocenters. The van der Waals surface area contributed by atoms with Crippen LogP contribution < -0.4 is 0 Å². The molecule has 0 aliphatic carbocycles. The van der Waals surface area contributed by atoms with Gasteiger partial charge in [0.05, 0.1) is 6.61 Å². The highest BCUT2D eigenvalue weighted by Gasteiger charge is 2.04. The van der Waals surface area contributed by atoms with Crippen LogP contribution in [-0.4, -0.2) is 24.3 Å². The van der Waals surface area contributed by atoms with E-state index in [1.54, 1.807) is 0 Å². The van der Waals surface area contributed by atoms with Crippen LogP contribution in [0, 0.1) is 5.92 Å². The lowest BCUT2D eigenvalue weighted by molar-refractivity contribution is -0.138. The fourth-order valence-corrected chi connectivity index (χ4v) is 0.810. The second-order valence-corrected chi connectivity index (χ2v) is 2.62. The third kappa shape index (κ3) is 4.91. The van der Waals surface area contributed by atoms with E-state index < -0.39 is 5.97 Å². The average Bonchev–Trinajstić information content (AvgIpc) is 2.12. The van der Waals surface area contributed by atoms with Crippen molar-refractivity contribution in [3.63, 3.8) is 0 Å². The van der Waals surface area contributed by atoms with Crippen molar-refractivity contribution in [2.75, 3.05) is 13.2 Å². The number of ether oxygens (including phenoxy) is 1. The molecular weight excluding hydrogens is 156 g/mol. The minimum atomic E-state index is -0.400. The Morgan fingerprint density at radius 2 is 2.42 bits per heavy atom. The molecule has 0 aromatic rings. The van der Waals surface area contributed by atoms with E-state index in [2.05, 4.69) is 6.58 Å². The zero-order valence-electron chi connectivity index (χ0n) is 7.45. The summed E-state index contributed by atoms with van der Waals surface area (Å²) in [6.45, 7) is 5.79. The maximum atomic E-state index is 10.6. The smallest absolute Gasteiger partial charge is 0.330 e. The van der Waals surface area contributed by atoms with Gasteiger partial charge in [0.15, 0.2) is 0 Å². The maximum absolute atomic E-state index is 10.6. The monoisotopic (exact) mass is 172 g/mol. The molecule has 70 valence electrons. The van der Waals surface area contributed by atoms with Crippen LogP contribution in [0.1, 0.15) is 19.8 Å². The highest BCUT2D eigenvalue weighted by Crippen LogP contribution is 2.06. The van der Waals surface area contributed by atoms with Crippen molar-refractivity contribution in [3.05, 3.63) is 12.7 Å². The summed E-state index contributed by atoms with van der Waals surface area (Å²) < 4.78 is 4.76. The van der Waals surface area contributed by atoms with Gasteiger partial charge in [0.2, 0.25) is 0 Å². The van der Waals surface area contributed by atoms with Gasteiger partial charge in [-0.3, -0.25) is 0 Å². The first-order valence-electron chi connectivity index (χ1n) is 4.14. The lowest BCUT2D eigenvalue weighted by Gasteiger charge is -2.10. The number of rotatable bonds is 6. The molecule has 0 amide bonds. The van der Waals surface area contributed by atoms with Crippen molar-refractivity contribution in [1.29, 1.82) is 0 Å². The standard InChI is InChI=1S/C9H16O3/c1-3-8(7-10)5-6-12-9(11)4-2/h4,8,10H,2-3,5-7H2,1H3. The summed E-state index contributed by atoms with van der Waals surface area (Å²) in [7, 11) is 0. The first-order chi connectivity index (χ1) is 5.74. The van der Waals surface area contributed by atoms with Crippen LogP contribution in [0.4, 0.5) is 0 Å². The molecule has 0 spiro atoms. The lowest BCUT2D eigenvalue weighted by atomic mass is 10.0. The van der Waals surface area contributed by atoms with E-state index >= 15 is 0 Å². The lowest BCUT2D eigenvalue weighted by Crippen LogP contribution is -2.10. The predicted octanol–water partition coefficient (Wildman–Crippen LogP) is 1.12. The van der Waals surface area contributed by atoms with Gasteiger partial charge < -0.3 is 9.84 Å². The van der Waals surface area contributed by atoms with Crippen LogP contribution in [0.25, 0.3) is 0 Å². The fraction of sp³-hybridized carbons (Fsp3) is 0.667. The first kappa shape index (κ1) is 11.2. The number of hydrogen-bond donors (Lipinski definition) is 1. The molecule has 0 saturated carbocycles. The minimum Gasteiger partial charge on any atom is -0.463 e. The summed E-state index contributed by atoms with van der Waals surface area (Å²) in [4.78, 5) is 10.6. The second kappa shape index (κ2) is 6.85. The van der Waals surface area contributed by atoms with Gasteiger partial charge in [0.1, 0.15) is 0 Å². The van der Waals surface area contributed by atoms with Gasteiger partial charge in [-0.05, 0) is 12.3 Å². The van der Waals surface area contributed by atoms with Crippen molar-refractivity contribution < 1.29 is 14.6 Å². The van der Waals surface area contributed by atoms with Crippen LogP contribution in [-0.2, 0) is 9.53 Å². The second-order valence-electron chi connectivity index (χ2n) is 2.62. The Morgan fingerprint density at radius 1 is 1.75 bits per heavy atom. The van der Waals surface area contributed by atoms with Crippen LogP contribution in [0.2, 0.25) is 0 Å². The van der Waals surface area contributed by atoms with Crippen LogP contribution in [0.5, 0.6) is 0 Å². The van der Waals surface area contributed by atoms with Crippen LogP contribution in [0.3, 0.4) is 0 Å². The molecule has 0 aliphatic rings. The highest BCUT2D eigenvalue weighted by molar-refractivity contribution is 5.81. The number of aliphatic hydroxyl groups excluding tert-OH is 1. The number of carbonyl (C=O) groups excluding carboxylic acids is 1. The molecule has 0 saturated heterocycles. The van der Waals surface area contributed by atoms with E-state index in [1.807, 2.05) is 6.92 Å². The molecule has 12 heavy (non-hydrogen) atoms. The third-order valence-electron chi connectivity index (χ3n) is 1.77. The molecule has 3 nitrogen and oxygen atoms in total. The number of aliphatic hydroxyl groups is 1. The topological polar surface area (TPSA) is 46.5 Å². The van der Waals surface area contributed by atoms with E-state index in [1.165, 1.54) is 0 Å². The Morgan fingerprint density at radius 3 is 2.83 bits per heavy atom. The van der Waals surface area contributed by atoms with Gasteiger partial charge in [0, 0.05) is 12.7 Å². The summed E-state index contributed by atoms with van der Waals surface area (Å²) in [6, 6.07) is 0. The molecule has 0 aromatic carbocycles. The van der Waals surface area contributed by atoms with E-state index in [4.69, 9.17) is 9.84 Å². The molecule has 0 fully saturated rings. The van der Waals surface area contributed by atoms with E-state index in [9.17, 15) is 4.79 Å². The van der Waals surface area contributed by atoms with Gasteiger partial charge in [-0.1, -0.05) is 19.9 Å². The average molecular weight is 172 g/mol. The molecule has 1 unspecified atom stereocenters. The minimum absolute atomic E-state index is 0.155. The van der Waals surface area contributed by atoms with E-state index in [0.717, 1.165) is 12.5 Å². The van der Waals surface area contributed by atoms with Gasteiger partial charge >= 0.3 is 5.97 Å². The molecule has 0 heterocycles. The summed E-state index contributed by atoms with van der Waals surface area (Å²) >= 11 is 0. The molecule has 3 heteroatoms. The zero-order valence-corrected chi connectivity index (χ0v) is 7.45. The van der Waals surface area contributed by atoms with Gasteiger partial charge in [-0.2, -0.15) is 0 Å². The van der Waals surface area contributed by atoms with E-state index in [0.29, 0.717) is 13.0 Å². The number of esters is 1. The Labute approximate surface area is 73.0 Å². The Hall–Kier alpha value is -0.830. The number of hydrogen-bond acceptors (Lipinski definition) is 3. The summed E-state index contributed by atoms with van der Waals surface area (Å²) in [5.74, 6) is -0.162. The molecule has 1 N–H and O–H groups in total. The molecule has 0 aromatic heterocycles. The first-order valence-corrected chi connectivity index (χ1v) is 4.14. The van der Waals surface area contributed by atoms with Crippen molar-refractivity contribution in [2.45, 2.75) is 19.8 Å². The summed E-state index contributed by atoms with van der Waals surface area (Å²) in [5, 5.41) is 8.79. The van der Waals surface area contributed by atoms with Crippen molar-refractivity contribution >= 4 is 5.97 Å². The fourth-order valence-electron chi connectivity index (χ4n) is 0.810. The Bertz CT molecular complexity index is 139. The maximum Gasteiger partial charge on any atom is 0.330 e. The van der Waals surface area contributed by atoms with Gasteiger partial charge in [-0.25, -0.2) is 4.79 Å². The van der Waals surface area contributed by atoms with E-state index in [-0.39, 0.29) is 12.5 Å². The largest absolute Gasteiger partial charge is 0.463 e. The quantitative estimate of drug-likeness (QED) is 0.482. The number of carbonyl (C=O) groups is 1.